The predicted molar refractivity (Wildman–Crippen MR) is 53.3 cm³/mol. The summed E-state index contributed by atoms with van der Waals surface area (Å²) in [5, 5.41) is 0. The number of hydrogen-bond donors (Lipinski definition) is 1. The van der Waals surface area contributed by atoms with E-state index in [1.165, 1.54) is 19.3 Å². The lowest BCUT2D eigenvalue weighted by atomic mass is 10.00. The van der Waals surface area contributed by atoms with Crippen molar-refractivity contribution in [3.8, 4) is 0 Å². The lowest BCUT2D eigenvalue weighted by molar-refractivity contribution is -0.124. The van der Waals surface area contributed by atoms with E-state index < -0.39 is 0 Å². The number of carbonyl (C=O) groups excluding carboxylic acids is 1. The fourth-order valence-electron chi connectivity index (χ4n) is 2.18. The third kappa shape index (κ3) is 2.44. The van der Waals surface area contributed by atoms with Crippen LogP contribution in [0.2, 0.25) is 0 Å². The smallest absolute Gasteiger partial charge is 0.234 e. The topological polar surface area (TPSA) is 46.3 Å². The molecule has 1 amide bonds. The van der Waals surface area contributed by atoms with Crippen LogP contribution < -0.4 is 5.73 Å². The van der Waals surface area contributed by atoms with Crippen LogP contribution in [0, 0.1) is 0 Å². The van der Waals surface area contributed by atoms with Gasteiger partial charge in [-0.3, -0.25) is 9.69 Å². The summed E-state index contributed by atoms with van der Waals surface area (Å²) in [6, 6.07) is 0.474. The molecule has 1 aliphatic rings. The Bertz CT molecular complexity index is 182. The zero-order valence-corrected chi connectivity index (χ0v) is 8.62. The van der Waals surface area contributed by atoms with Crippen molar-refractivity contribution < 1.29 is 4.79 Å². The van der Waals surface area contributed by atoms with E-state index in [1.807, 2.05) is 6.92 Å². The highest BCUT2D eigenvalue weighted by Crippen LogP contribution is 2.20. The highest BCUT2D eigenvalue weighted by molar-refractivity contribution is 5.79. The Balaban J connectivity index is 2.60. The summed E-state index contributed by atoms with van der Waals surface area (Å²) in [5.41, 5.74) is 5.36. The molecule has 0 aromatic heterocycles. The summed E-state index contributed by atoms with van der Waals surface area (Å²) < 4.78 is 0. The SMILES string of the molecule is CCC(C(N)=O)N1CCCCC1C. The Morgan fingerprint density at radius 2 is 2.31 bits per heavy atom. The Labute approximate surface area is 80.3 Å². The van der Waals surface area contributed by atoms with Gasteiger partial charge in [0.15, 0.2) is 0 Å². The van der Waals surface area contributed by atoms with E-state index in [0.717, 1.165) is 13.0 Å². The zero-order chi connectivity index (χ0) is 9.84. The summed E-state index contributed by atoms with van der Waals surface area (Å²) >= 11 is 0. The van der Waals surface area contributed by atoms with Crippen LogP contribution in [0.15, 0.2) is 0 Å². The molecule has 3 heteroatoms. The fraction of sp³-hybridized carbons (Fsp3) is 0.900. The Morgan fingerprint density at radius 1 is 1.62 bits per heavy atom. The quantitative estimate of drug-likeness (QED) is 0.714. The van der Waals surface area contributed by atoms with Crippen molar-refractivity contribution in [2.45, 2.75) is 51.6 Å². The van der Waals surface area contributed by atoms with Crippen molar-refractivity contribution in [3.63, 3.8) is 0 Å². The molecule has 0 bridgehead atoms. The largest absolute Gasteiger partial charge is 0.368 e. The predicted octanol–water partition coefficient (Wildman–Crippen LogP) is 1.12. The minimum Gasteiger partial charge on any atom is -0.368 e. The molecule has 1 aliphatic heterocycles. The second-order valence-electron chi connectivity index (χ2n) is 3.91. The van der Waals surface area contributed by atoms with Gasteiger partial charge >= 0.3 is 0 Å². The van der Waals surface area contributed by atoms with E-state index in [1.54, 1.807) is 0 Å². The van der Waals surface area contributed by atoms with Gasteiger partial charge in [-0.05, 0) is 32.7 Å². The van der Waals surface area contributed by atoms with Crippen LogP contribution in [-0.2, 0) is 4.79 Å². The van der Waals surface area contributed by atoms with Gasteiger partial charge in [0.05, 0.1) is 6.04 Å². The molecule has 1 heterocycles. The van der Waals surface area contributed by atoms with Crippen molar-refractivity contribution in [1.82, 2.24) is 4.90 Å². The fourth-order valence-corrected chi connectivity index (χ4v) is 2.18. The molecule has 1 rings (SSSR count). The number of hydrogen-bond acceptors (Lipinski definition) is 2. The molecule has 2 atom stereocenters. The van der Waals surface area contributed by atoms with Crippen LogP contribution in [0.3, 0.4) is 0 Å². The molecule has 0 aromatic rings. The van der Waals surface area contributed by atoms with Gasteiger partial charge in [0.1, 0.15) is 0 Å². The van der Waals surface area contributed by atoms with E-state index in [0.29, 0.717) is 6.04 Å². The Hall–Kier alpha value is -0.570. The van der Waals surface area contributed by atoms with Gasteiger partial charge in [-0.1, -0.05) is 13.3 Å². The van der Waals surface area contributed by atoms with E-state index in [9.17, 15) is 4.79 Å². The Morgan fingerprint density at radius 3 is 2.77 bits per heavy atom. The van der Waals surface area contributed by atoms with Gasteiger partial charge < -0.3 is 5.73 Å². The zero-order valence-electron chi connectivity index (χ0n) is 8.62. The first-order valence-electron chi connectivity index (χ1n) is 5.22. The van der Waals surface area contributed by atoms with E-state index in [2.05, 4.69) is 11.8 Å². The number of carbonyl (C=O) groups is 1. The third-order valence-corrected chi connectivity index (χ3v) is 2.97. The first-order valence-corrected chi connectivity index (χ1v) is 5.22. The highest BCUT2D eigenvalue weighted by atomic mass is 16.1. The summed E-state index contributed by atoms with van der Waals surface area (Å²) in [6.45, 7) is 5.24. The van der Waals surface area contributed by atoms with E-state index >= 15 is 0 Å². The first kappa shape index (κ1) is 10.5. The van der Waals surface area contributed by atoms with E-state index in [-0.39, 0.29) is 11.9 Å². The number of rotatable bonds is 3. The minimum atomic E-state index is -0.170. The van der Waals surface area contributed by atoms with Crippen molar-refractivity contribution in [2.24, 2.45) is 5.73 Å². The second kappa shape index (κ2) is 4.61. The maximum atomic E-state index is 11.2. The van der Waals surface area contributed by atoms with Gasteiger partial charge in [0.2, 0.25) is 5.91 Å². The van der Waals surface area contributed by atoms with Crippen molar-refractivity contribution in [1.29, 1.82) is 0 Å². The molecule has 0 radical (unpaired) electrons. The molecule has 2 unspecified atom stereocenters. The van der Waals surface area contributed by atoms with Crippen molar-refractivity contribution in [2.75, 3.05) is 6.54 Å². The summed E-state index contributed by atoms with van der Waals surface area (Å²) in [4.78, 5) is 13.4. The molecule has 76 valence electrons. The number of piperidine rings is 1. The number of primary amides is 1. The maximum Gasteiger partial charge on any atom is 0.234 e. The number of amides is 1. The van der Waals surface area contributed by atoms with Crippen LogP contribution in [-0.4, -0.2) is 29.4 Å². The molecular formula is C10H20N2O. The van der Waals surface area contributed by atoms with Gasteiger partial charge in [-0.25, -0.2) is 0 Å². The van der Waals surface area contributed by atoms with Crippen molar-refractivity contribution in [3.05, 3.63) is 0 Å². The summed E-state index contributed by atoms with van der Waals surface area (Å²) in [7, 11) is 0. The summed E-state index contributed by atoms with van der Waals surface area (Å²) in [5.74, 6) is -0.170. The average molecular weight is 184 g/mol. The second-order valence-corrected chi connectivity index (χ2v) is 3.91. The summed E-state index contributed by atoms with van der Waals surface area (Å²) in [6.07, 6.45) is 4.52. The van der Waals surface area contributed by atoms with Gasteiger partial charge in [-0.2, -0.15) is 0 Å². The third-order valence-electron chi connectivity index (χ3n) is 2.97. The molecule has 1 saturated heterocycles. The standard InChI is InChI=1S/C10H20N2O/c1-3-9(10(11)13)12-7-5-4-6-8(12)2/h8-9H,3-7H2,1-2H3,(H2,11,13). The molecule has 0 aromatic carbocycles. The molecule has 1 fully saturated rings. The minimum absolute atomic E-state index is 0.0460. The normalized spacial score (nSPS) is 27.1. The van der Waals surface area contributed by atoms with Crippen LogP contribution in [0.4, 0.5) is 0 Å². The molecule has 13 heavy (non-hydrogen) atoms. The van der Waals surface area contributed by atoms with Crippen LogP contribution >= 0.6 is 0 Å². The average Bonchev–Trinajstić information content (AvgIpc) is 2.09. The Kier molecular flexibility index (Phi) is 3.72. The molecule has 3 nitrogen and oxygen atoms in total. The molecule has 2 N–H and O–H groups in total. The van der Waals surface area contributed by atoms with Crippen LogP contribution in [0.5, 0.6) is 0 Å². The lowest BCUT2D eigenvalue weighted by Gasteiger charge is -2.37. The monoisotopic (exact) mass is 184 g/mol. The number of nitrogens with two attached hydrogens (primary N) is 1. The maximum absolute atomic E-state index is 11.2. The van der Waals surface area contributed by atoms with Crippen LogP contribution in [0.25, 0.3) is 0 Å². The lowest BCUT2D eigenvalue weighted by Crippen LogP contribution is -2.50. The number of nitrogens with zero attached hydrogens (tertiary/aromatic N) is 1. The highest BCUT2D eigenvalue weighted by Gasteiger charge is 2.27. The van der Waals surface area contributed by atoms with Gasteiger partial charge in [0.25, 0.3) is 0 Å². The molecule has 0 saturated carbocycles. The van der Waals surface area contributed by atoms with Gasteiger partial charge in [0, 0.05) is 6.04 Å². The molecule has 0 spiro atoms. The van der Waals surface area contributed by atoms with Gasteiger partial charge in [-0.15, -0.1) is 0 Å². The van der Waals surface area contributed by atoms with Crippen molar-refractivity contribution >= 4 is 5.91 Å². The van der Waals surface area contributed by atoms with Crippen LogP contribution in [0.1, 0.15) is 39.5 Å². The van der Waals surface area contributed by atoms with E-state index in [4.69, 9.17) is 5.73 Å². The number of likely N-dealkylation sites (tertiary alicyclic amines) is 1. The first-order chi connectivity index (χ1) is 6.16. The molecular weight excluding hydrogens is 164 g/mol. The molecule has 0 aliphatic carbocycles.